The lowest BCUT2D eigenvalue weighted by Gasteiger charge is -2.28. The molecule has 1 atom stereocenters. The highest BCUT2D eigenvalue weighted by molar-refractivity contribution is 5.27. The summed E-state index contributed by atoms with van der Waals surface area (Å²) in [7, 11) is 0. The zero-order valence-electron chi connectivity index (χ0n) is 10.3. The molecule has 94 valence electrons. The van der Waals surface area contributed by atoms with Crippen LogP contribution in [0.25, 0.3) is 0 Å². The van der Waals surface area contributed by atoms with Gasteiger partial charge < -0.3 is 10.8 Å². The first-order chi connectivity index (χ1) is 8.29. The van der Waals surface area contributed by atoms with Crippen molar-refractivity contribution in [2.24, 2.45) is 5.73 Å². The van der Waals surface area contributed by atoms with Crippen LogP contribution in [0.2, 0.25) is 0 Å². The molecule has 0 amide bonds. The van der Waals surface area contributed by atoms with E-state index in [4.69, 9.17) is 5.73 Å². The van der Waals surface area contributed by atoms with Gasteiger partial charge in [-0.2, -0.15) is 0 Å². The average molecular weight is 234 g/mol. The molecule has 1 fully saturated rings. The second-order valence-corrected chi connectivity index (χ2v) is 4.88. The molecule has 3 heteroatoms. The Labute approximate surface area is 103 Å². The molecule has 1 aliphatic rings. The molecule has 2 rings (SSSR count). The third kappa shape index (κ3) is 3.45. The van der Waals surface area contributed by atoms with Crippen LogP contribution in [0, 0.1) is 0 Å². The quantitative estimate of drug-likeness (QED) is 0.842. The van der Waals surface area contributed by atoms with Crippen molar-refractivity contribution in [3.05, 3.63) is 29.8 Å². The zero-order valence-corrected chi connectivity index (χ0v) is 10.3. The number of phenolic OH excluding ortho intramolecular Hbond substituents is 1. The number of rotatable bonds is 3. The number of aromatic hydroxyl groups is 1. The van der Waals surface area contributed by atoms with Gasteiger partial charge in [0.1, 0.15) is 5.75 Å². The molecule has 1 aromatic rings. The van der Waals surface area contributed by atoms with E-state index < -0.39 is 0 Å². The Kier molecular flexibility index (Phi) is 4.40. The van der Waals surface area contributed by atoms with Gasteiger partial charge in [-0.05, 0) is 37.1 Å². The molecule has 17 heavy (non-hydrogen) atoms. The van der Waals surface area contributed by atoms with Crippen LogP contribution >= 0.6 is 0 Å². The highest BCUT2D eigenvalue weighted by Gasteiger charge is 2.19. The zero-order chi connectivity index (χ0) is 12.1. The molecular weight excluding hydrogens is 212 g/mol. The third-order valence-corrected chi connectivity index (χ3v) is 3.57. The van der Waals surface area contributed by atoms with E-state index in [1.807, 2.05) is 12.1 Å². The Hall–Kier alpha value is -1.06. The minimum Gasteiger partial charge on any atom is -0.508 e. The van der Waals surface area contributed by atoms with E-state index in [0.29, 0.717) is 11.8 Å². The molecule has 1 saturated heterocycles. The van der Waals surface area contributed by atoms with Gasteiger partial charge in [-0.1, -0.05) is 25.0 Å². The topological polar surface area (TPSA) is 49.5 Å². The number of nitrogens with two attached hydrogens (primary N) is 1. The Balaban J connectivity index is 2.04. The molecule has 1 aromatic carbocycles. The van der Waals surface area contributed by atoms with E-state index in [9.17, 15) is 5.11 Å². The molecule has 1 heterocycles. The van der Waals surface area contributed by atoms with Gasteiger partial charge >= 0.3 is 0 Å². The number of hydrogen-bond donors (Lipinski definition) is 2. The van der Waals surface area contributed by atoms with Crippen LogP contribution < -0.4 is 5.73 Å². The first-order valence-electron chi connectivity index (χ1n) is 6.51. The Bertz CT molecular complexity index is 354. The third-order valence-electron chi connectivity index (χ3n) is 3.57. The second kappa shape index (κ2) is 6.03. The van der Waals surface area contributed by atoms with Gasteiger partial charge in [-0.15, -0.1) is 0 Å². The van der Waals surface area contributed by atoms with E-state index in [1.54, 1.807) is 6.07 Å². The summed E-state index contributed by atoms with van der Waals surface area (Å²) in [6.07, 6.45) is 5.07. The van der Waals surface area contributed by atoms with Crippen LogP contribution in [0.4, 0.5) is 0 Å². The lowest BCUT2D eigenvalue weighted by Crippen LogP contribution is -2.39. The van der Waals surface area contributed by atoms with Crippen molar-refractivity contribution >= 4 is 0 Å². The monoisotopic (exact) mass is 234 g/mol. The maximum Gasteiger partial charge on any atom is 0.115 e. The molecule has 0 aromatic heterocycles. The van der Waals surface area contributed by atoms with Crippen LogP contribution in [-0.4, -0.2) is 29.1 Å². The smallest absolute Gasteiger partial charge is 0.115 e. The van der Waals surface area contributed by atoms with Crippen molar-refractivity contribution in [3.8, 4) is 5.75 Å². The molecule has 0 bridgehead atoms. The summed E-state index contributed by atoms with van der Waals surface area (Å²) in [5.41, 5.74) is 7.03. The van der Waals surface area contributed by atoms with Gasteiger partial charge in [0.2, 0.25) is 0 Å². The maximum atomic E-state index is 9.48. The van der Waals surface area contributed by atoms with E-state index in [0.717, 1.165) is 19.6 Å². The molecule has 0 saturated carbocycles. The Morgan fingerprint density at radius 3 is 2.94 bits per heavy atom. The van der Waals surface area contributed by atoms with Crippen LogP contribution in [0.1, 0.15) is 31.2 Å². The van der Waals surface area contributed by atoms with Gasteiger partial charge in [0.25, 0.3) is 0 Å². The highest BCUT2D eigenvalue weighted by Crippen LogP contribution is 2.20. The normalized spacial score (nSPS) is 22.3. The van der Waals surface area contributed by atoms with Crippen molar-refractivity contribution in [1.82, 2.24) is 4.90 Å². The van der Waals surface area contributed by atoms with Crippen LogP contribution in [-0.2, 0) is 6.54 Å². The van der Waals surface area contributed by atoms with Gasteiger partial charge in [0.15, 0.2) is 0 Å². The second-order valence-electron chi connectivity index (χ2n) is 4.88. The summed E-state index contributed by atoms with van der Waals surface area (Å²) >= 11 is 0. The van der Waals surface area contributed by atoms with Crippen molar-refractivity contribution in [1.29, 1.82) is 0 Å². The predicted molar refractivity (Wildman–Crippen MR) is 69.8 cm³/mol. The van der Waals surface area contributed by atoms with Crippen molar-refractivity contribution in [2.75, 3.05) is 13.1 Å². The maximum absolute atomic E-state index is 9.48. The summed E-state index contributed by atoms with van der Waals surface area (Å²) in [5, 5.41) is 9.48. The van der Waals surface area contributed by atoms with E-state index in [2.05, 4.69) is 11.0 Å². The van der Waals surface area contributed by atoms with Crippen LogP contribution in [0.5, 0.6) is 5.75 Å². The van der Waals surface area contributed by atoms with Crippen LogP contribution in [0.15, 0.2) is 24.3 Å². The van der Waals surface area contributed by atoms with Gasteiger partial charge in [-0.3, -0.25) is 4.90 Å². The summed E-state index contributed by atoms with van der Waals surface area (Å²) in [6, 6.07) is 8.03. The van der Waals surface area contributed by atoms with Gasteiger partial charge in [0.05, 0.1) is 0 Å². The molecular formula is C14H22N2O. The fourth-order valence-corrected chi connectivity index (χ4v) is 2.60. The lowest BCUT2D eigenvalue weighted by molar-refractivity contribution is 0.195. The molecule has 0 spiro atoms. The van der Waals surface area contributed by atoms with E-state index in [-0.39, 0.29) is 0 Å². The molecule has 3 N–H and O–H groups in total. The minimum atomic E-state index is 0.349. The van der Waals surface area contributed by atoms with Crippen molar-refractivity contribution in [2.45, 2.75) is 38.3 Å². The number of nitrogens with zero attached hydrogens (tertiary/aromatic N) is 1. The molecule has 1 unspecified atom stereocenters. The number of phenols is 1. The summed E-state index contributed by atoms with van der Waals surface area (Å²) in [6.45, 7) is 2.76. The summed E-state index contributed by atoms with van der Waals surface area (Å²) < 4.78 is 0. The number of hydrogen-bond acceptors (Lipinski definition) is 3. The predicted octanol–water partition coefficient (Wildman–Crippen LogP) is 2.10. The first kappa shape index (κ1) is 12.4. The van der Waals surface area contributed by atoms with Gasteiger partial charge in [-0.25, -0.2) is 0 Å². The number of benzene rings is 1. The SMILES string of the molecule is NCC1CCCCCN1Cc1cccc(O)c1. The summed E-state index contributed by atoms with van der Waals surface area (Å²) in [4.78, 5) is 2.46. The fraction of sp³-hybridized carbons (Fsp3) is 0.571. The fourth-order valence-electron chi connectivity index (χ4n) is 2.60. The van der Waals surface area contributed by atoms with Crippen molar-refractivity contribution < 1.29 is 5.11 Å². The van der Waals surface area contributed by atoms with E-state index in [1.165, 1.54) is 31.2 Å². The largest absolute Gasteiger partial charge is 0.508 e. The lowest BCUT2D eigenvalue weighted by atomic mass is 10.1. The average Bonchev–Trinajstić information content (AvgIpc) is 2.54. The van der Waals surface area contributed by atoms with Gasteiger partial charge in [0, 0.05) is 19.1 Å². The first-order valence-corrected chi connectivity index (χ1v) is 6.51. The molecule has 0 aliphatic carbocycles. The molecule has 1 aliphatic heterocycles. The standard InChI is InChI=1S/C14H22N2O/c15-10-13-6-2-1-3-8-16(13)11-12-5-4-7-14(17)9-12/h4-5,7,9,13,17H,1-3,6,8,10-11,15H2. The molecule has 0 radical (unpaired) electrons. The summed E-state index contributed by atoms with van der Waals surface area (Å²) in [5.74, 6) is 0.349. The Morgan fingerprint density at radius 2 is 2.18 bits per heavy atom. The Morgan fingerprint density at radius 1 is 1.29 bits per heavy atom. The number of likely N-dealkylation sites (tertiary alicyclic amines) is 1. The van der Waals surface area contributed by atoms with Crippen LogP contribution in [0.3, 0.4) is 0 Å². The highest BCUT2D eigenvalue weighted by atomic mass is 16.3. The van der Waals surface area contributed by atoms with E-state index >= 15 is 0 Å². The van der Waals surface area contributed by atoms with Crippen molar-refractivity contribution in [3.63, 3.8) is 0 Å². The molecule has 3 nitrogen and oxygen atoms in total. The minimum absolute atomic E-state index is 0.349.